The zero-order chi connectivity index (χ0) is 21.8. The maximum atomic E-state index is 12.8. The lowest BCUT2D eigenvalue weighted by atomic mass is 9.96. The first-order chi connectivity index (χ1) is 15.0. The van der Waals surface area contributed by atoms with E-state index in [0.29, 0.717) is 49.1 Å². The van der Waals surface area contributed by atoms with Crippen molar-refractivity contribution >= 4 is 17.2 Å². The molecule has 31 heavy (non-hydrogen) atoms. The number of carbonyl (C=O) groups is 1. The van der Waals surface area contributed by atoms with Crippen molar-refractivity contribution in [2.75, 3.05) is 13.1 Å². The normalized spacial score (nSPS) is 16.6. The van der Waals surface area contributed by atoms with Crippen LogP contribution >= 0.6 is 11.3 Å². The van der Waals surface area contributed by atoms with Crippen LogP contribution in [0.5, 0.6) is 5.88 Å². The van der Waals surface area contributed by atoms with Gasteiger partial charge in [-0.25, -0.2) is 4.98 Å². The molecule has 8 nitrogen and oxygen atoms in total. The SMILES string of the molecule is CC(C)Oc1cc(CCC(=O)N2CCC[C@@H](c3nc(-c4cccs4)cc(=O)[nH]3)C2)on1. The molecule has 1 aliphatic rings. The summed E-state index contributed by atoms with van der Waals surface area (Å²) in [5, 5.41) is 5.84. The lowest BCUT2D eigenvalue weighted by Gasteiger charge is -2.32. The molecule has 0 radical (unpaired) electrons. The molecule has 9 heteroatoms. The zero-order valence-electron chi connectivity index (χ0n) is 17.7. The number of aromatic nitrogens is 3. The number of aryl methyl sites for hydroxylation is 1. The summed E-state index contributed by atoms with van der Waals surface area (Å²) in [6.07, 6.45) is 2.58. The molecule has 0 spiro atoms. The van der Waals surface area contributed by atoms with Gasteiger partial charge in [-0.1, -0.05) is 6.07 Å². The number of nitrogens with zero attached hydrogens (tertiary/aromatic N) is 3. The van der Waals surface area contributed by atoms with E-state index in [0.717, 1.165) is 17.7 Å². The minimum absolute atomic E-state index is 0.0154. The van der Waals surface area contributed by atoms with Crippen molar-refractivity contribution in [3.63, 3.8) is 0 Å². The fraction of sp³-hybridized carbons (Fsp3) is 0.455. The van der Waals surface area contributed by atoms with E-state index in [1.807, 2.05) is 36.3 Å². The van der Waals surface area contributed by atoms with E-state index in [1.165, 1.54) is 6.07 Å². The van der Waals surface area contributed by atoms with Crippen LogP contribution in [0.3, 0.4) is 0 Å². The average Bonchev–Trinajstić information content (AvgIpc) is 3.43. The molecular formula is C22H26N4O4S. The van der Waals surface area contributed by atoms with E-state index < -0.39 is 0 Å². The molecule has 1 aliphatic heterocycles. The fourth-order valence-electron chi connectivity index (χ4n) is 3.74. The molecule has 3 aromatic heterocycles. The van der Waals surface area contributed by atoms with Gasteiger partial charge in [-0.15, -0.1) is 11.3 Å². The molecule has 1 fully saturated rings. The summed E-state index contributed by atoms with van der Waals surface area (Å²) in [7, 11) is 0. The Balaban J connectivity index is 1.39. The highest BCUT2D eigenvalue weighted by atomic mass is 32.1. The lowest BCUT2D eigenvalue weighted by molar-refractivity contribution is -0.132. The lowest BCUT2D eigenvalue weighted by Crippen LogP contribution is -2.40. The third-order valence-electron chi connectivity index (χ3n) is 5.17. The van der Waals surface area contributed by atoms with E-state index in [-0.39, 0.29) is 23.5 Å². The molecule has 1 saturated heterocycles. The van der Waals surface area contributed by atoms with Gasteiger partial charge in [0.15, 0.2) is 0 Å². The van der Waals surface area contributed by atoms with Gasteiger partial charge < -0.3 is 19.1 Å². The second kappa shape index (κ2) is 9.47. The van der Waals surface area contributed by atoms with Crippen molar-refractivity contribution in [2.24, 2.45) is 0 Å². The molecule has 0 aliphatic carbocycles. The highest BCUT2D eigenvalue weighted by Gasteiger charge is 2.27. The predicted octanol–water partition coefficient (Wildman–Crippen LogP) is 3.61. The summed E-state index contributed by atoms with van der Waals surface area (Å²) in [6, 6.07) is 7.15. The maximum absolute atomic E-state index is 12.8. The van der Waals surface area contributed by atoms with E-state index >= 15 is 0 Å². The monoisotopic (exact) mass is 442 g/mol. The smallest absolute Gasteiger partial charge is 0.254 e. The van der Waals surface area contributed by atoms with Crippen molar-refractivity contribution in [1.82, 2.24) is 20.0 Å². The number of ether oxygens (including phenoxy) is 1. The van der Waals surface area contributed by atoms with Crippen LogP contribution in [0.15, 0.2) is 39.0 Å². The van der Waals surface area contributed by atoms with Gasteiger partial charge in [0, 0.05) is 44.0 Å². The molecule has 4 rings (SSSR count). The number of hydrogen-bond acceptors (Lipinski definition) is 7. The highest BCUT2D eigenvalue weighted by Crippen LogP contribution is 2.27. The van der Waals surface area contributed by atoms with Gasteiger partial charge in [-0.3, -0.25) is 9.59 Å². The summed E-state index contributed by atoms with van der Waals surface area (Å²) in [4.78, 5) is 35.4. The van der Waals surface area contributed by atoms with Crippen LogP contribution in [0.25, 0.3) is 10.6 Å². The number of H-pyrrole nitrogens is 1. The van der Waals surface area contributed by atoms with E-state index in [9.17, 15) is 9.59 Å². The van der Waals surface area contributed by atoms with Crippen molar-refractivity contribution < 1.29 is 14.1 Å². The zero-order valence-corrected chi connectivity index (χ0v) is 18.5. The van der Waals surface area contributed by atoms with Crippen molar-refractivity contribution in [2.45, 2.75) is 51.6 Å². The summed E-state index contributed by atoms with van der Waals surface area (Å²) in [6.45, 7) is 5.10. The maximum Gasteiger partial charge on any atom is 0.254 e. The molecule has 1 N–H and O–H groups in total. The van der Waals surface area contributed by atoms with Gasteiger partial charge in [-0.05, 0) is 43.3 Å². The number of rotatable bonds is 7. The van der Waals surface area contributed by atoms with Gasteiger partial charge in [0.1, 0.15) is 11.6 Å². The number of amides is 1. The topological polar surface area (TPSA) is 101 Å². The number of nitrogens with one attached hydrogen (secondary N) is 1. The van der Waals surface area contributed by atoms with E-state index in [4.69, 9.17) is 14.2 Å². The first-order valence-electron chi connectivity index (χ1n) is 10.5. The standard InChI is InChI=1S/C22H26N4O4S/c1-14(2)29-20-11-16(30-25-20)7-8-21(28)26-9-3-5-15(13-26)22-23-17(12-19(27)24-22)18-6-4-10-31-18/h4,6,10-12,14-15H,3,5,7-9,13H2,1-2H3,(H,23,24,27)/t15-/m1/s1. The quantitative estimate of drug-likeness (QED) is 0.600. The van der Waals surface area contributed by atoms with Crippen LogP contribution in [0, 0.1) is 0 Å². The summed E-state index contributed by atoms with van der Waals surface area (Å²) < 4.78 is 10.8. The van der Waals surface area contributed by atoms with Crippen LogP contribution < -0.4 is 10.3 Å². The largest absolute Gasteiger partial charge is 0.473 e. The number of piperidine rings is 1. The first-order valence-corrected chi connectivity index (χ1v) is 11.4. The van der Waals surface area contributed by atoms with Gasteiger partial charge in [0.25, 0.3) is 11.4 Å². The van der Waals surface area contributed by atoms with Crippen LogP contribution in [-0.2, 0) is 11.2 Å². The van der Waals surface area contributed by atoms with Gasteiger partial charge in [0.2, 0.25) is 5.91 Å². The highest BCUT2D eigenvalue weighted by molar-refractivity contribution is 7.13. The molecule has 0 aromatic carbocycles. The molecule has 164 valence electrons. The third kappa shape index (κ3) is 5.41. The van der Waals surface area contributed by atoms with Crippen LogP contribution in [0.4, 0.5) is 0 Å². The fourth-order valence-corrected chi connectivity index (χ4v) is 4.43. The second-order valence-corrected chi connectivity index (χ2v) is 8.92. The number of hydrogen-bond donors (Lipinski definition) is 1. The number of thiophene rings is 1. The number of aromatic amines is 1. The van der Waals surface area contributed by atoms with Crippen molar-refractivity contribution in [3.05, 3.63) is 51.6 Å². The van der Waals surface area contributed by atoms with Crippen LogP contribution in [-0.4, -0.2) is 45.1 Å². The summed E-state index contributed by atoms with van der Waals surface area (Å²) in [5.41, 5.74) is 0.517. The Morgan fingerprint density at radius 3 is 3.06 bits per heavy atom. The molecular weight excluding hydrogens is 416 g/mol. The van der Waals surface area contributed by atoms with E-state index in [1.54, 1.807) is 17.4 Å². The van der Waals surface area contributed by atoms with E-state index in [2.05, 4.69) is 10.1 Å². The van der Waals surface area contributed by atoms with Gasteiger partial charge >= 0.3 is 0 Å². The Hall–Kier alpha value is -2.94. The minimum atomic E-state index is -0.165. The Morgan fingerprint density at radius 2 is 2.29 bits per heavy atom. The number of carbonyl (C=O) groups excluding carboxylic acids is 1. The molecule has 0 bridgehead atoms. The molecule has 0 saturated carbocycles. The van der Waals surface area contributed by atoms with Crippen LogP contribution in [0.2, 0.25) is 0 Å². The second-order valence-electron chi connectivity index (χ2n) is 7.97. The van der Waals surface area contributed by atoms with Gasteiger partial charge in [-0.2, -0.15) is 0 Å². The Bertz CT molecular complexity index is 1070. The number of likely N-dealkylation sites (tertiary alicyclic amines) is 1. The summed E-state index contributed by atoms with van der Waals surface area (Å²) in [5.74, 6) is 1.80. The summed E-state index contributed by atoms with van der Waals surface area (Å²) >= 11 is 1.55. The first kappa shape index (κ1) is 21.3. The van der Waals surface area contributed by atoms with Gasteiger partial charge in [0.05, 0.1) is 16.7 Å². The van der Waals surface area contributed by atoms with Crippen molar-refractivity contribution in [1.29, 1.82) is 0 Å². The Labute approximate surface area is 184 Å². The minimum Gasteiger partial charge on any atom is -0.473 e. The van der Waals surface area contributed by atoms with Crippen molar-refractivity contribution in [3.8, 4) is 16.5 Å². The molecule has 3 aromatic rings. The molecule has 1 atom stereocenters. The average molecular weight is 443 g/mol. The molecule has 4 heterocycles. The Kier molecular flexibility index (Phi) is 6.50. The van der Waals surface area contributed by atoms with Crippen LogP contribution in [0.1, 0.15) is 50.6 Å². The molecule has 1 amide bonds. The third-order valence-corrected chi connectivity index (χ3v) is 6.07. The Morgan fingerprint density at radius 1 is 1.42 bits per heavy atom. The predicted molar refractivity (Wildman–Crippen MR) is 117 cm³/mol. The molecule has 0 unspecified atom stereocenters.